The van der Waals surface area contributed by atoms with Crippen molar-refractivity contribution in [2.45, 2.75) is 6.92 Å². The van der Waals surface area contributed by atoms with Crippen molar-refractivity contribution in [2.24, 2.45) is 18.1 Å². The minimum atomic E-state index is -6.25. The van der Waals surface area contributed by atoms with Crippen molar-refractivity contribution in [3.8, 4) is 0 Å². The molecule has 0 N–H and O–H groups in total. The first-order valence-corrected chi connectivity index (χ1v) is 10.4. The Morgan fingerprint density at radius 3 is 1.53 bits per heavy atom. The first-order chi connectivity index (χ1) is 8.31. The lowest BCUT2D eigenvalue weighted by Gasteiger charge is -2.22. The zero-order chi connectivity index (χ0) is 15.1. The molecule has 0 aliphatic carbocycles. The van der Waals surface area contributed by atoms with Crippen molar-refractivity contribution in [1.29, 1.82) is 0 Å². The Bertz CT molecular complexity index is 578. The predicted molar refractivity (Wildman–Crippen MR) is 63.5 cm³/mol. The van der Waals surface area contributed by atoms with Crippen LogP contribution in [-0.2, 0) is 0 Å². The standard InChI is InChI=1S/C3H8F7N5P4/c1-3-15(2)19(10)13-17(6,7)11-16(4,5)12-18(8,9)14-19/h3H2,1-2H3. The molecule has 1 aliphatic rings. The predicted octanol–water partition coefficient (Wildman–Crippen LogP) is 7.52. The lowest BCUT2D eigenvalue weighted by atomic mass is 10.8. The maximum Gasteiger partial charge on any atom is 0.425 e. The van der Waals surface area contributed by atoms with Crippen LogP contribution >= 0.6 is 31.1 Å². The fourth-order valence-electron chi connectivity index (χ4n) is 0.921. The summed E-state index contributed by atoms with van der Waals surface area (Å²) in [6, 6.07) is 0. The highest BCUT2D eigenvalue weighted by molar-refractivity contribution is 7.78. The maximum absolute atomic E-state index is 14.1. The molecule has 1 rings (SSSR count). The summed E-state index contributed by atoms with van der Waals surface area (Å²) in [5, 5.41) is 0. The molecule has 0 saturated heterocycles. The molecule has 0 aromatic rings. The number of nitrogens with zero attached hydrogens (tertiary/aromatic N) is 5. The van der Waals surface area contributed by atoms with Crippen LogP contribution in [0.25, 0.3) is 0 Å². The van der Waals surface area contributed by atoms with Gasteiger partial charge in [0.2, 0.25) is 0 Å². The molecule has 0 spiro atoms. The molecule has 0 aromatic carbocycles. The molecular formula is C3H8F7N5P4. The van der Waals surface area contributed by atoms with Crippen molar-refractivity contribution < 1.29 is 29.4 Å². The second-order valence-corrected chi connectivity index (χ2v) is 10.5. The van der Waals surface area contributed by atoms with Gasteiger partial charge in [0.25, 0.3) is 0 Å². The summed E-state index contributed by atoms with van der Waals surface area (Å²) < 4.78 is 100. The van der Waals surface area contributed by atoms with Crippen molar-refractivity contribution in [1.82, 2.24) is 4.67 Å². The first-order valence-electron chi connectivity index (χ1n) is 4.45. The van der Waals surface area contributed by atoms with Crippen LogP contribution in [0.2, 0.25) is 0 Å². The SMILES string of the molecule is CCN(C)P1(F)=NP(F)(F)=NP(F)(F)=NP(F)(F)=N1. The maximum atomic E-state index is 14.1. The van der Waals surface area contributed by atoms with Gasteiger partial charge in [0.15, 0.2) is 0 Å². The number of hydrogen-bond acceptors (Lipinski definition) is 5. The van der Waals surface area contributed by atoms with Gasteiger partial charge in [0, 0.05) is 6.54 Å². The van der Waals surface area contributed by atoms with Gasteiger partial charge in [0.05, 0.1) is 0 Å². The Morgan fingerprint density at radius 1 is 0.737 bits per heavy atom. The monoisotopic (exact) mass is 371 g/mol. The van der Waals surface area contributed by atoms with Gasteiger partial charge in [-0.05, 0) is 7.05 Å². The van der Waals surface area contributed by atoms with E-state index in [2.05, 4.69) is 9.03 Å². The fraction of sp³-hybridized carbons (Fsp3) is 1.00. The molecular weight excluding hydrogens is 363 g/mol. The van der Waals surface area contributed by atoms with E-state index in [0.29, 0.717) is 4.67 Å². The third-order valence-electron chi connectivity index (χ3n) is 1.77. The summed E-state index contributed by atoms with van der Waals surface area (Å²) in [7, 11) is -22.7. The van der Waals surface area contributed by atoms with Crippen molar-refractivity contribution >= 4 is 31.1 Å². The molecule has 0 fully saturated rings. The van der Waals surface area contributed by atoms with Gasteiger partial charge < -0.3 is 0 Å². The Labute approximate surface area is 104 Å². The molecule has 5 nitrogen and oxygen atoms in total. The average molecular weight is 371 g/mol. The van der Waals surface area contributed by atoms with Crippen molar-refractivity contribution in [3.05, 3.63) is 0 Å². The highest BCUT2D eigenvalue weighted by Crippen LogP contribution is 2.82. The second-order valence-electron chi connectivity index (χ2n) is 3.19. The van der Waals surface area contributed by atoms with Crippen LogP contribution in [0.5, 0.6) is 0 Å². The van der Waals surface area contributed by atoms with E-state index in [4.69, 9.17) is 0 Å². The quantitative estimate of drug-likeness (QED) is 0.366. The van der Waals surface area contributed by atoms with Gasteiger partial charge in [-0.2, -0.15) is 4.20 Å². The van der Waals surface area contributed by atoms with Crippen molar-refractivity contribution in [3.63, 3.8) is 0 Å². The van der Waals surface area contributed by atoms with Gasteiger partial charge in [-0.1, -0.05) is 6.92 Å². The average Bonchev–Trinajstić information content (AvgIpc) is 2.07. The third kappa shape index (κ3) is 4.71. The molecule has 1 heterocycles. The highest BCUT2D eigenvalue weighted by atomic mass is 31.3. The van der Waals surface area contributed by atoms with Crippen LogP contribution in [0.1, 0.15) is 6.92 Å². The Morgan fingerprint density at radius 2 is 1.11 bits per heavy atom. The molecule has 1 atom stereocenters. The van der Waals surface area contributed by atoms with E-state index < -0.39 is 31.1 Å². The largest absolute Gasteiger partial charge is 0.425 e. The lowest BCUT2D eigenvalue weighted by molar-refractivity contribution is 0.536. The van der Waals surface area contributed by atoms with Crippen LogP contribution in [0, 0.1) is 0 Å². The van der Waals surface area contributed by atoms with Gasteiger partial charge in [0.1, 0.15) is 0 Å². The molecule has 0 saturated carbocycles. The van der Waals surface area contributed by atoms with Gasteiger partial charge >= 0.3 is 31.1 Å². The van der Waals surface area contributed by atoms with Crippen LogP contribution in [0.3, 0.4) is 0 Å². The molecule has 1 unspecified atom stereocenters. The molecule has 0 radical (unpaired) electrons. The van der Waals surface area contributed by atoms with E-state index in [-0.39, 0.29) is 6.54 Å². The highest BCUT2D eigenvalue weighted by Gasteiger charge is 2.40. The van der Waals surface area contributed by atoms with Gasteiger partial charge in [-0.25, -0.2) is 4.67 Å². The molecule has 0 aromatic heterocycles. The second kappa shape index (κ2) is 5.30. The normalized spacial score (nSPS) is 32.1. The summed E-state index contributed by atoms with van der Waals surface area (Å²) in [4.78, 5) is 0. The Kier molecular flexibility index (Phi) is 4.87. The van der Waals surface area contributed by atoms with Crippen LogP contribution in [-0.4, -0.2) is 18.3 Å². The molecule has 0 bridgehead atoms. The van der Waals surface area contributed by atoms with Crippen molar-refractivity contribution in [2.75, 3.05) is 13.6 Å². The molecule has 1 aliphatic heterocycles. The molecule has 114 valence electrons. The van der Waals surface area contributed by atoms with E-state index in [1.165, 1.54) is 6.92 Å². The van der Waals surface area contributed by atoms with E-state index >= 15 is 0 Å². The van der Waals surface area contributed by atoms with Crippen LogP contribution in [0.15, 0.2) is 18.1 Å². The zero-order valence-electron chi connectivity index (χ0n) is 9.38. The van der Waals surface area contributed by atoms with E-state index in [1.54, 1.807) is 9.03 Å². The lowest BCUT2D eigenvalue weighted by Crippen LogP contribution is -2.10. The minimum absolute atomic E-state index is 0.261. The fourth-order valence-corrected chi connectivity index (χ4v) is 8.50. The smallest absolute Gasteiger partial charge is 0.229 e. The topological polar surface area (TPSA) is 52.7 Å². The summed E-state index contributed by atoms with van der Waals surface area (Å²) >= 11 is 0. The van der Waals surface area contributed by atoms with E-state index in [0.717, 1.165) is 7.05 Å². The first kappa shape index (κ1) is 17.4. The molecule has 19 heavy (non-hydrogen) atoms. The number of hydrogen-bond donors (Lipinski definition) is 0. The zero-order valence-corrected chi connectivity index (χ0v) is 13.0. The molecule has 16 heteroatoms. The van der Waals surface area contributed by atoms with Crippen LogP contribution in [0.4, 0.5) is 29.4 Å². The number of rotatable bonds is 2. The molecule has 0 amide bonds. The summed E-state index contributed by atoms with van der Waals surface area (Å²) in [6.07, 6.45) is 0. The van der Waals surface area contributed by atoms with E-state index in [1.807, 2.05) is 0 Å². The Balaban J connectivity index is 3.71. The summed E-state index contributed by atoms with van der Waals surface area (Å²) in [5.41, 5.74) is 0. The summed E-state index contributed by atoms with van der Waals surface area (Å²) in [6.45, 7) is 1.02. The third-order valence-corrected chi connectivity index (χ3v) is 9.90. The van der Waals surface area contributed by atoms with Gasteiger partial charge in [-0.3, -0.25) is 0 Å². The van der Waals surface area contributed by atoms with Crippen LogP contribution < -0.4 is 0 Å². The minimum Gasteiger partial charge on any atom is -0.229 e. The van der Waals surface area contributed by atoms with E-state index in [9.17, 15) is 29.4 Å². The van der Waals surface area contributed by atoms with Gasteiger partial charge in [-0.15, -0.1) is 43.2 Å². The summed E-state index contributed by atoms with van der Waals surface area (Å²) in [5.74, 6) is 0. The number of halogens is 7. The Hall–Kier alpha value is 0.390.